The number of carbonyl (C=O) groups excluding carboxylic acids is 1. The molecule has 2 aliphatic rings. The molecule has 3 unspecified atom stereocenters. The van der Waals surface area contributed by atoms with Gasteiger partial charge in [0.1, 0.15) is 5.82 Å². The van der Waals surface area contributed by atoms with E-state index < -0.39 is 0 Å². The van der Waals surface area contributed by atoms with Crippen LogP contribution < -0.4 is 10.6 Å². The molecule has 5 heteroatoms. The van der Waals surface area contributed by atoms with Gasteiger partial charge >= 0.3 is 0 Å². The van der Waals surface area contributed by atoms with Gasteiger partial charge in [-0.05, 0) is 66.7 Å². The second-order valence-corrected chi connectivity index (χ2v) is 9.03. The SMILES string of the molecule is O=C(C1CCCCN1)N1CCC(C(c2ccc(F)cc2)c2ccc(P)cc2)CC1. The van der Waals surface area contributed by atoms with Crippen molar-refractivity contribution in [2.45, 2.75) is 44.1 Å². The molecule has 154 valence electrons. The fourth-order valence-electron chi connectivity index (χ4n) is 4.85. The number of rotatable bonds is 4. The van der Waals surface area contributed by atoms with Gasteiger partial charge in [-0.3, -0.25) is 4.79 Å². The van der Waals surface area contributed by atoms with E-state index in [0.29, 0.717) is 5.92 Å². The van der Waals surface area contributed by atoms with E-state index >= 15 is 0 Å². The lowest BCUT2D eigenvalue weighted by Gasteiger charge is -2.38. The Bertz CT molecular complexity index is 764. The number of likely N-dealkylation sites (tertiary alicyclic amines) is 1. The van der Waals surface area contributed by atoms with Crippen LogP contribution in [0.1, 0.15) is 49.1 Å². The molecule has 0 bridgehead atoms. The molecule has 2 aromatic rings. The highest BCUT2D eigenvalue weighted by atomic mass is 31.0. The van der Waals surface area contributed by atoms with E-state index in [9.17, 15) is 9.18 Å². The predicted molar refractivity (Wildman–Crippen MR) is 119 cm³/mol. The molecule has 29 heavy (non-hydrogen) atoms. The van der Waals surface area contributed by atoms with Crippen LogP contribution in [-0.2, 0) is 4.79 Å². The quantitative estimate of drug-likeness (QED) is 0.774. The lowest BCUT2D eigenvalue weighted by molar-refractivity contribution is -0.135. The molecule has 2 fully saturated rings. The second-order valence-electron chi connectivity index (χ2n) is 8.36. The van der Waals surface area contributed by atoms with Gasteiger partial charge in [0.25, 0.3) is 0 Å². The molecule has 0 aliphatic carbocycles. The van der Waals surface area contributed by atoms with Crippen LogP contribution in [0.15, 0.2) is 48.5 Å². The zero-order valence-corrected chi connectivity index (χ0v) is 18.0. The molecule has 0 radical (unpaired) electrons. The zero-order valence-electron chi connectivity index (χ0n) is 16.8. The molecule has 0 spiro atoms. The first-order valence-corrected chi connectivity index (χ1v) is 11.3. The molecular weight excluding hydrogens is 382 g/mol. The van der Waals surface area contributed by atoms with E-state index in [-0.39, 0.29) is 23.7 Å². The van der Waals surface area contributed by atoms with Gasteiger partial charge in [0.2, 0.25) is 5.91 Å². The normalized spacial score (nSPS) is 21.7. The number of halogens is 1. The first-order valence-electron chi connectivity index (χ1n) is 10.7. The fourth-order valence-corrected chi connectivity index (χ4v) is 5.04. The number of hydrogen-bond acceptors (Lipinski definition) is 2. The summed E-state index contributed by atoms with van der Waals surface area (Å²) >= 11 is 0. The number of amides is 1. The molecule has 3 nitrogen and oxygen atoms in total. The van der Waals surface area contributed by atoms with Crippen molar-refractivity contribution in [2.24, 2.45) is 5.92 Å². The summed E-state index contributed by atoms with van der Waals surface area (Å²) in [5, 5.41) is 4.54. The summed E-state index contributed by atoms with van der Waals surface area (Å²) < 4.78 is 13.5. The Kier molecular flexibility index (Phi) is 6.62. The van der Waals surface area contributed by atoms with Crippen LogP contribution in [-0.4, -0.2) is 36.5 Å². The number of carbonyl (C=O) groups is 1. The van der Waals surface area contributed by atoms with Gasteiger partial charge in [-0.25, -0.2) is 4.39 Å². The minimum absolute atomic E-state index is 0.00259. The highest BCUT2D eigenvalue weighted by Crippen LogP contribution is 2.38. The molecule has 2 saturated heterocycles. The molecule has 2 aliphatic heterocycles. The molecule has 2 aromatic carbocycles. The monoisotopic (exact) mass is 412 g/mol. The van der Waals surface area contributed by atoms with E-state index in [2.05, 4.69) is 38.8 Å². The van der Waals surface area contributed by atoms with E-state index in [0.717, 1.165) is 56.2 Å². The average Bonchev–Trinajstić information content (AvgIpc) is 2.77. The van der Waals surface area contributed by atoms with Crippen LogP contribution in [0.2, 0.25) is 0 Å². The van der Waals surface area contributed by atoms with Crippen molar-refractivity contribution in [3.8, 4) is 0 Å². The maximum atomic E-state index is 13.5. The Morgan fingerprint density at radius 2 is 1.59 bits per heavy atom. The van der Waals surface area contributed by atoms with E-state index in [1.807, 2.05) is 17.0 Å². The highest BCUT2D eigenvalue weighted by Gasteiger charge is 2.33. The Balaban J connectivity index is 1.49. The Hall–Kier alpha value is -1.77. The van der Waals surface area contributed by atoms with Crippen LogP contribution in [0.25, 0.3) is 0 Å². The summed E-state index contributed by atoms with van der Waals surface area (Å²) in [6.07, 6.45) is 5.21. The van der Waals surface area contributed by atoms with E-state index in [1.54, 1.807) is 12.1 Å². The van der Waals surface area contributed by atoms with Crippen molar-refractivity contribution in [3.63, 3.8) is 0 Å². The molecule has 1 N–H and O–H groups in total. The van der Waals surface area contributed by atoms with Gasteiger partial charge in [-0.1, -0.05) is 42.8 Å². The lowest BCUT2D eigenvalue weighted by Crippen LogP contribution is -2.51. The molecule has 4 rings (SSSR count). The number of nitrogens with one attached hydrogen (secondary N) is 1. The van der Waals surface area contributed by atoms with Crippen molar-refractivity contribution in [3.05, 3.63) is 65.5 Å². The fraction of sp³-hybridized carbons (Fsp3) is 0.458. The third-order valence-corrected chi connectivity index (χ3v) is 6.84. The molecule has 3 atom stereocenters. The Morgan fingerprint density at radius 1 is 0.966 bits per heavy atom. The number of nitrogens with zero attached hydrogens (tertiary/aromatic N) is 1. The van der Waals surface area contributed by atoms with Gasteiger partial charge in [-0.2, -0.15) is 0 Å². The second kappa shape index (κ2) is 9.36. The predicted octanol–water partition coefficient (Wildman–Crippen LogP) is 3.84. The number of piperidine rings is 2. The van der Waals surface area contributed by atoms with Gasteiger partial charge in [0, 0.05) is 19.0 Å². The van der Waals surface area contributed by atoms with E-state index in [1.165, 1.54) is 12.0 Å². The summed E-state index contributed by atoms with van der Waals surface area (Å²) in [6, 6.07) is 15.5. The van der Waals surface area contributed by atoms with Crippen molar-refractivity contribution >= 4 is 20.5 Å². The summed E-state index contributed by atoms with van der Waals surface area (Å²) in [6.45, 7) is 2.56. The van der Waals surface area contributed by atoms with Crippen molar-refractivity contribution in [1.82, 2.24) is 10.2 Å². The topological polar surface area (TPSA) is 32.3 Å². The molecule has 2 heterocycles. The standard InChI is InChI=1S/C24H30FN2OP/c25-20-8-4-17(5-9-20)23(18-6-10-21(29)11-7-18)19-12-15-27(16-13-19)24(28)22-3-1-2-14-26-22/h4-11,19,22-23,26H,1-3,12-16,29H2. The maximum Gasteiger partial charge on any atom is 0.239 e. The van der Waals surface area contributed by atoms with Crippen LogP contribution >= 0.6 is 9.24 Å². The molecule has 0 saturated carbocycles. The van der Waals surface area contributed by atoms with Gasteiger partial charge in [0.15, 0.2) is 0 Å². The molecule has 1 amide bonds. The lowest BCUT2D eigenvalue weighted by atomic mass is 9.76. The van der Waals surface area contributed by atoms with Crippen LogP contribution in [0.5, 0.6) is 0 Å². The smallest absolute Gasteiger partial charge is 0.239 e. The molecule has 0 aromatic heterocycles. The minimum atomic E-state index is -0.201. The van der Waals surface area contributed by atoms with Gasteiger partial charge in [-0.15, -0.1) is 9.24 Å². The summed E-state index contributed by atoms with van der Waals surface area (Å²) in [5.74, 6) is 0.743. The summed E-state index contributed by atoms with van der Waals surface area (Å²) in [7, 11) is 2.73. The van der Waals surface area contributed by atoms with Gasteiger partial charge < -0.3 is 10.2 Å². The first kappa shape index (κ1) is 20.5. The summed E-state index contributed by atoms with van der Waals surface area (Å²) in [4.78, 5) is 14.9. The van der Waals surface area contributed by atoms with Crippen LogP contribution in [0.3, 0.4) is 0 Å². The average molecular weight is 412 g/mol. The minimum Gasteiger partial charge on any atom is -0.341 e. The van der Waals surface area contributed by atoms with Crippen molar-refractivity contribution in [1.29, 1.82) is 0 Å². The van der Waals surface area contributed by atoms with Crippen molar-refractivity contribution < 1.29 is 9.18 Å². The zero-order chi connectivity index (χ0) is 20.2. The van der Waals surface area contributed by atoms with Crippen LogP contribution in [0.4, 0.5) is 4.39 Å². The third kappa shape index (κ3) is 4.87. The number of hydrogen-bond donors (Lipinski definition) is 1. The Morgan fingerprint density at radius 3 is 2.17 bits per heavy atom. The highest BCUT2D eigenvalue weighted by molar-refractivity contribution is 7.27. The maximum absolute atomic E-state index is 13.5. The largest absolute Gasteiger partial charge is 0.341 e. The van der Waals surface area contributed by atoms with Gasteiger partial charge in [0.05, 0.1) is 6.04 Å². The number of benzene rings is 2. The van der Waals surface area contributed by atoms with Crippen LogP contribution in [0, 0.1) is 11.7 Å². The first-order chi connectivity index (χ1) is 14.1. The van der Waals surface area contributed by atoms with Crippen molar-refractivity contribution in [2.75, 3.05) is 19.6 Å². The van der Waals surface area contributed by atoms with E-state index in [4.69, 9.17) is 0 Å². The molecular formula is C24H30FN2OP. The third-order valence-electron chi connectivity index (χ3n) is 6.46. The Labute approximate surface area is 175 Å². The summed E-state index contributed by atoms with van der Waals surface area (Å²) in [5.41, 5.74) is 2.42.